The minimum absolute atomic E-state index is 0.0191. The van der Waals surface area contributed by atoms with Crippen LogP contribution < -0.4 is 10.6 Å². The van der Waals surface area contributed by atoms with E-state index in [1.165, 1.54) is 0 Å². The van der Waals surface area contributed by atoms with Crippen LogP contribution in [0.3, 0.4) is 0 Å². The Morgan fingerprint density at radius 1 is 1.37 bits per heavy atom. The zero-order chi connectivity index (χ0) is 24.7. The van der Waals surface area contributed by atoms with E-state index in [4.69, 9.17) is 10.1 Å². The number of benzene rings is 1. The highest BCUT2D eigenvalue weighted by atomic mass is 79.9. The number of fused-ring (bicyclic) bond motifs is 2. The molecular formula is C25H28BrN7O2. The molecule has 9 nitrogen and oxygen atoms in total. The van der Waals surface area contributed by atoms with Crippen molar-refractivity contribution < 1.29 is 9.90 Å². The number of amides is 1. The van der Waals surface area contributed by atoms with E-state index in [1.54, 1.807) is 24.1 Å². The van der Waals surface area contributed by atoms with Crippen molar-refractivity contribution in [3.63, 3.8) is 0 Å². The van der Waals surface area contributed by atoms with Gasteiger partial charge in [0.1, 0.15) is 4.60 Å². The molecule has 0 saturated heterocycles. The molecule has 0 spiro atoms. The van der Waals surface area contributed by atoms with E-state index in [1.807, 2.05) is 38.1 Å². The Bertz CT molecular complexity index is 1420. The van der Waals surface area contributed by atoms with Crippen LogP contribution in [0.15, 0.2) is 41.3 Å². The molecule has 1 unspecified atom stereocenters. The highest BCUT2D eigenvalue weighted by Gasteiger charge is 2.41. The van der Waals surface area contributed by atoms with Gasteiger partial charge in [0.2, 0.25) is 11.9 Å². The smallest absolute Gasteiger partial charge is 0.225 e. The summed E-state index contributed by atoms with van der Waals surface area (Å²) in [7, 11) is 1.68. The number of pyridine rings is 1. The molecule has 182 valence electrons. The molecule has 0 radical (unpaired) electrons. The number of aliphatic hydroxyl groups excluding tert-OH is 1. The molecule has 1 aliphatic rings. The van der Waals surface area contributed by atoms with E-state index in [-0.39, 0.29) is 29.9 Å². The lowest BCUT2D eigenvalue weighted by atomic mass is 9.87. The molecule has 35 heavy (non-hydrogen) atoms. The van der Waals surface area contributed by atoms with Crippen LogP contribution in [0.5, 0.6) is 0 Å². The van der Waals surface area contributed by atoms with Gasteiger partial charge in [-0.3, -0.25) is 9.78 Å². The minimum atomic E-state index is -0.389. The number of halogens is 1. The molecule has 3 aromatic heterocycles. The minimum Gasteiger partial charge on any atom is -0.396 e. The standard InChI is InChI=1S/C25H28BrN7O2/c1-14(13-34)18-10-17(9-15-5-4-8-28-20(15)18)33-22-19(21(26)32-33)12-29-24(31-22)30-16-6-7-25(2,11-16)23(35)27-3/h4-5,8-10,12,14,16,34H,6-7,11,13H2,1-3H3,(H,27,35)(H,29,30,31)/t14?,16-,25-/m1/s1. The van der Waals surface area contributed by atoms with Crippen molar-refractivity contribution in [2.45, 2.75) is 45.1 Å². The van der Waals surface area contributed by atoms with E-state index < -0.39 is 0 Å². The Kier molecular flexibility index (Phi) is 6.18. The lowest BCUT2D eigenvalue weighted by Gasteiger charge is -2.22. The van der Waals surface area contributed by atoms with Crippen LogP contribution in [0, 0.1) is 5.41 Å². The van der Waals surface area contributed by atoms with Crippen LogP contribution in [-0.2, 0) is 4.79 Å². The molecule has 1 amide bonds. The van der Waals surface area contributed by atoms with Gasteiger partial charge in [-0.25, -0.2) is 9.67 Å². The fraction of sp³-hybridized carbons (Fsp3) is 0.400. The van der Waals surface area contributed by atoms with Crippen molar-refractivity contribution in [3.8, 4) is 5.69 Å². The van der Waals surface area contributed by atoms with Crippen LogP contribution in [0.4, 0.5) is 5.95 Å². The van der Waals surface area contributed by atoms with Gasteiger partial charge in [-0.1, -0.05) is 19.9 Å². The average Bonchev–Trinajstić information content (AvgIpc) is 3.42. The second-order valence-electron chi connectivity index (χ2n) is 9.55. The number of aromatic nitrogens is 5. The molecule has 3 atom stereocenters. The molecular weight excluding hydrogens is 510 g/mol. The van der Waals surface area contributed by atoms with E-state index in [2.05, 4.69) is 36.5 Å². The van der Waals surface area contributed by atoms with Crippen molar-refractivity contribution in [1.82, 2.24) is 30.0 Å². The first kappa shape index (κ1) is 23.6. The Balaban J connectivity index is 1.53. The maximum Gasteiger partial charge on any atom is 0.225 e. The van der Waals surface area contributed by atoms with Gasteiger partial charge in [-0.05, 0) is 59.0 Å². The summed E-state index contributed by atoms with van der Waals surface area (Å²) in [4.78, 5) is 26.2. The van der Waals surface area contributed by atoms with E-state index in [0.29, 0.717) is 16.2 Å². The molecule has 1 aromatic carbocycles. The van der Waals surface area contributed by atoms with Gasteiger partial charge in [-0.2, -0.15) is 10.1 Å². The molecule has 4 aromatic rings. The summed E-state index contributed by atoms with van der Waals surface area (Å²) < 4.78 is 2.44. The fourth-order valence-electron chi connectivity index (χ4n) is 4.97. The van der Waals surface area contributed by atoms with E-state index in [9.17, 15) is 9.90 Å². The van der Waals surface area contributed by atoms with E-state index >= 15 is 0 Å². The predicted molar refractivity (Wildman–Crippen MR) is 139 cm³/mol. The van der Waals surface area contributed by atoms with Crippen LogP contribution in [-0.4, -0.2) is 55.4 Å². The number of nitrogens with one attached hydrogen (secondary N) is 2. The van der Waals surface area contributed by atoms with Crippen molar-refractivity contribution in [2.75, 3.05) is 19.0 Å². The first-order valence-electron chi connectivity index (χ1n) is 11.7. The Labute approximate surface area is 211 Å². The Morgan fingerprint density at radius 3 is 2.97 bits per heavy atom. The van der Waals surface area contributed by atoms with Crippen LogP contribution in [0.25, 0.3) is 27.6 Å². The van der Waals surface area contributed by atoms with Crippen molar-refractivity contribution >= 4 is 49.7 Å². The van der Waals surface area contributed by atoms with Crippen LogP contribution >= 0.6 is 15.9 Å². The lowest BCUT2D eigenvalue weighted by Crippen LogP contribution is -2.35. The van der Waals surface area contributed by atoms with E-state index in [0.717, 1.165) is 46.8 Å². The number of rotatable bonds is 6. The first-order valence-corrected chi connectivity index (χ1v) is 12.5. The maximum atomic E-state index is 12.3. The summed E-state index contributed by atoms with van der Waals surface area (Å²) in [5.74, 6) is 0.490. The molecule has 5 rings (SSSR count). The molecule has 3 N–H and O–H groups in total. The van der Waals surface area contributed by atoms with Gasteiger partial charge in [0.05, 0.1) is 16.6 Å². The second kappa shape index (κ2) is 9.16. The van der Waals surface area contributed by atoms with Crippen LogP contribution in [0.1, 0.15) is 44.6 Å². The first-order chi connectivity index (χ1) is 16.8. The van der Waals surface area contributed by atoms with Gasteiger partial charge in [-0.15, -0.1) is 0 Å². The molecule has 1 fully saturated rings. The van der Waals surface area contributed by atoms with Crippen LogP contribution in [0.2, 0.25) is 0 Å². The third kappa shape index (κ3) is 4.25. The SMILES string of the molecule is CNC(=O)[C@]1(C)CC[C@@H](Nc2ncc3c(Br)nn(-c4cc(C(C)CO)c5ncccc5c4)c3n2)C1. The second-order valence-corrected chi connectivity index (χ2v) is 10.3. The largest absolute Gasteiger partial charge is 0.396 e. The number of nitrogens with zero attached hydrogens (tertiary/aromatic N) is 5. The highest BCUT2D eigenvalue weighted by molar-refractivity contribution is 9.10. The summed E-state index contributed by atoms with van der Waals surface area (Å²) in [6.07, 6.45) is 5.92. The monoisotopic (exact) mass is 537 g/mol. The Hall–Kier alpha value is -3.11. The Morgan fingerprint density at radius 2 is 2.20 bits per heavy atom. The number of carbonyl (C=O) groups excluding carboxylic acids is 1. The number of aliphatic hydroxyl groups is 1. The third-order valence-electron chi connectivity index (χ3n) is 7.00. The lowest BCUT2D eigenvalue weighted by molar-refractivity contribution is -0.129. The molecule has 1 saturated carbocycles. The zero-order valence-electron chi connectivity index (χ0n) is 19.9. The third-order valence-corrected chi connectivity index (χ3v) is 7.58. The summed E-state index contributed by atoms with van der Waals surface area (Å²) >= 11 is 3.55. The van der Waals surface area contributed by atoms with Gasteiger partial charge in [0.25, 0.3) is 0 Å². The fourth-order valence-corrected chi connectivity index (χ4v) is 5.41. The summed E-state index contributed by atoms with van der Waals surface area (Å²) in [5, 5.41) is 22.5. The molecule has 0 aliphatic heterocycles. The topological polar surface area (TPSA) is 118 Å². The van der Waals surface area contributed by atoms with Gasteiger partial charge < -0.3 is 15.7 Å². The summed E-state index contributed by atoms with van der Waals surface area (Å²) in [6, 6.07) is 8.05. The van der Waals surface area contributed by atoms with Gasteiger partial charge >= 0.3 is 0 Å². The van der Waals surface area contributed by atoms with Gasteiger partial charge in [0.15, 0.2) is 5.65 Å². The molecule has 10 heteroatoms. The van der Waals surface area contributed by atoms with Gasteiger partial charge in [0, 0.05) is 48.8 Å². The quantitative estimate of drug-likeness (QED) is 0.341. The van der Waals surface area contributed by atoms with Crippen molar-refractivity contribution in [3.05, 3.63) is 46.8 Å². The molecule has 0 bridgehead atoms. The normalized spacial score (nSPS) is 20.9. The number of anilines is 1. The number of hydrogen-bond donors (Lipinski definition) is 3. The van der Waals surface area contributed by atoms with Crippen molar-refractivity contribution in [2.24, 2.45) is 5.41 Å². The summed E-state index contributed by atoms with van der Waals surface area (Å²) in [5.41, 5.74) is 2.92. The zero-order valence-corrected chi connectivity index (χ0v) is 21.5. The molecule has 3 heterocycles. The summed E-state index contributed by atoms with van der Waals surface area (Å²) in [6.45, 7) is 4.00. The maximum absolute atomic E-state index is 12.3. The van der Waals surface area contributed by atoms with Crippen molar-refractivity contribution in [1.29, 1.82) is 0 Å². The predicted octanol–water partition coefficient (Wildman–Crippen LogP) is 3.94. The molecule has 1 aliphatic carbocycles. The highest BCUT2D eigenvalue weighted by Crippen LogP contribution is 2.39. The average molecular weight is 538 g/mol. The number of carbonyl (C=O) groups is 1. The number of hydrogen-bond acceptors (Lipinski definition) is 7.